The van der Waals surface area contributed by atoms with Gasteiger partial charge in [-0.05, 0) is 18.4 Å². The molecule has 14 heavy (non-hydrogen) atoms. The molecule has 4 heteroatoms. The van der Waals surface area contributed by atoms with Gasteiger partial charge in [-0.25, -0.2) is 0 Å². The third-order valence-electron chi connectivity index (χ3n) is 3.33. The summed E-state index contributed by atoms with van der Waals surface area (Å²) in [7, 11) is 0. The molecule has 0 saturated carbocycles. The number of hydrogen-bond donors (Lipinski definition) is 1. The molecule has 2 heterocycles. The summed E-state index contributed by atoms with van der Waals surface area (Å²) in [4.78, 5) is 22.9. The molecule has 0 aromatic heterocycles. The molecular formula is C10H11NO3. The molecule has 0 bridgehead atoms. The van der Waals surface area contributed by atoms with Crippen LogP contribution in [0.5, 0.6) is 0 Å². The highest BCUT2D eigenvalue weighted by Crippen LogP contribution is 2.39. The lowest BCUT2D eigenvalue weighted by Gasteiger charge is -2.25. The smallest absolute Gasteiger partial charge is 0.233 e. The van der Waals surface area contributed by atoms with Crippen molar-refractivity contribution in [2.75, 3.05) is 6.61 Å². The molecule has 74 valence electrons. The van der Waals surface area contributed by atoms with E-state index in [1.165, 1.54) is 5.57 Å². The zero-order valence-corrected chi connectivity index (χ0v) is 7.66. The Morgan fingerprint density at radius 3 is 3.07 bits per heavy atom. The zero-order valence-electron chi connectivity index (χ0n) is 7.66. The Labute approximate surface area is 81.3 Å². The highest BCUT2D eigenvalue weighted by atomic mass is 16.5. The maximum atomic E-state index is 11.5. The lowest BCUT2D eigenvalue weighted by atomic mass is 9.79. The van der Waals surface area contributed by atoms with E-state index in [4.69, 9.17) is 4.74 Å². The first kappa shape index (κ1) is 8.17. The Morgan fingerprint density at radius 1 is 1.36 bits per heavy atom. The third kappa shape index (κ3) is 0.917. The molecule has 3 aliphatic rings. The molecule has 2 fully saturated rings. The van der Waals surface area contributed by atoms with Crippen LogP contribution in [0.3, 0.4) is 0 Å². The predicted molar refractivity (Wildman–Crippen MR) is 47.2 cm³/mol. The van der Waals surface area contributed by atoms with Crippen molar-refractivity contribution >= 4 is 11.8 Å². The maximum Gasteiger partial charge on any atom is 0.233 e. The summed E-state index contributed by atoms with van der Waals surface area (Å²) in [5.74, 6) is -0.734. The van der Waals surface area contributed by atoms with Crippen LogP contribution in [0.2, 0.25) is 0 Å². The second-order valence-electron chi connectivity index (χ2n) is 4.04. The number of amides is 2. The van der Waals surface area contributed by atoms with E-state index >= 15 is 0 Å². The standard InChI is InChI=1S/C10H11NO3/c12-9-6-2-1-5-3-4-14-8(5)7(6)10(13)11-9/h1,6-8H,2-4H2,(H,11,12,13)/t6-,7-,8+/m1/s1. The molecule has 1 N–H and O–H groups in total. The lowest BCUT2D eigenvalue weighted by Crippen LogP contribution is -2.34. The Hall–Kier alpha value is -1.16. The normalized spacial score (nSPS) is 40.3. The number of carbonyl (C=O) groups excluding carboxylic acids is 2. The van der Waals surface area contributed by atoms with Gasteiger partial charge in [-0.15, -0.1) is 0 Å². The van der Waals surface area contributed by atoms with Crippen molar-refractivity contribution in [3.63, 3.8) is 0 Å². The van der Waals surface area contributed by atoms with E-state index in [1.807, 2.05) is 0 Å². The van der Waals surface area contributed by atoms with Crippen molar-refractivity contribution < 1.29 is 14.3 Å². The Morgan fingerprint density at radius 2 is 2.21 bits per heavy atom. The second kappa shape index (κ2) is 2.67. The predicted octanol–water partition coefficient (Wildman–Crippen LogP) is -0.00580. The van der Waals surface area contributed by atoms with Crippen molar-refractivity contribution in [2.24, 2.45) is 11.8 Å². The molecule has 2 amide bonds. The Balaban J connectivity index is 2.00. The van der Waals surface area contributed by atoms with Crippen molar-refractivity contribution in [2.45, 2.75) is 18.9 Å². The fourth-order valence-electron chi connectivity index (χ4n) is 2.63. The number of hydrogen-bond acceptors (Lipinski definition) is 3. The minimum atomic E-state index is -0.259. The van der Waals surface area contributed by atoms with Crippen molar-refractivity contribution in [1.82, 2.24) is 5.32 Å². The number of fused-ring (bicyclic) bond motifs is 3. The summed E-state index contributed by atoms with van der Waals surface area (Å²) in [6.45, 7) is 0.682. The van der Waals surface area contributed by atoms with Gasteiger partial charge in [0.05, 0.1) is 24.5 Å². The molecule has 2 saturated heterocycles. The van der Waals surface area contributed by atoms with E-state index in [9.17, 15) is 9.59 Å². The molecule has 3 atom stereocenters. The van der Waals surface area contributed by atoms with Gasteiger partial charge in [0.1, 0.15) is 0 Å². The Bertz CT molecular complexity index is 347. The van der Waals surface area contributed by atoms with E-state index in [0.717, 1.165) is 6.42 Å². The molecule has 2 aliphatic heterocycles. The summed E-state index contributed by atoms with van der Waals surface area (Å²) in [6.07, 6.45) is 3.55. The number of imide groups is 1. The fraction of sp³-hybridized carbons (Fsp3) is 0.600. The van der Waals surface area contributed by atoms with Crippen LogP contribution < -0.4 is 5.32 Å². The lowest BCUT2D eigenvalue weighted by molar-refractivity contribution is -0.127. The number of nitrogens with one attached hydrogen (secondary N) is 1. The van der Waals surface area contributed by atoms with Gasteiger partial charge in [-0.1, -0.05) is 6.08 Å². The van der Waals surface area contributed by atoms with Gasteiger partial charge in [-0.3, -0.25) is 14.9 Å². The van der Waals surface area contributed by atoms with Crippen LogP contribution in [-0.2, 0) is 14.3 Å². The highest BCUT2D eigenvalue weighted by Gasteiger charge is 2.50. The first-order chi connectivity index (χ1) is 6.77. The zero-order chi connectivity index (χ0) is 9.71. The summed E-state index contributed by atoms with van der Waals surface area (Å²) < 4.78 is 5.51. The van der Waals surface area contributed by atoms with E-state index in [2.05, 4.69) is 11.4 Å². The first-order valence-electron chi connectivity index (χ1n) is 4.92. The van der Waals surface area contributed by atoms with Gasteiger partial charge in [-0.2, -0.15) is 0 Å². The fourth-order valence-corrected chi connectivity index (χ4v) is 2.63. The van der Waals surface area contributed by atoms with Crippen molar-refractivity contribution in [3.05, 3.63) is 11.6 Å². The molecule has 3 rings (SSSR count). The second-order valence-corrected chi connectivity index (χ2v) is 4.04. The number of ether oxygens (including phenoxy) is 1. The van der Waals surface area contributed by atoms with Gasteiger partial charge >= 0.3 is 0 Å². The van der Waals surface area contributed by atoms with Crippen molar-refractivity contribution in [3.8, 4) is 0 Å². The number of allylic oxidation sites excluding steroid dienone is 1. The molecule has 0 aromatic rings. The average Bonchev–Trinajstić information content (AvgIpc) is 2.71. The molecule has 0 spiro atoms. The molecule has 0 radical (unpaired) electrons. The molecule has 4 nitrogen and oxygen atoms in total. The molecule has 0 aromatic carbocycles. The minimum absolute atomic E-state index is 0.125. The van der Waals surface area contributed by atoms with Crippen LogP contribution in [0.1, 0.15) is 12.8 Å². The third-order valence-corrected chi connectivity index (χ3v) is 3.33. The van der Waals surface area contributed by atoms with Gasteiger partial charge < -0.3 is 4.74 Å². The van der Waals surface area contributed by atoms with Crippen LogP contribution in [0, 0.1) is 11.8 Å². The van der Waals surface area contributed by atoms with Crippen LogP contribution in [0.15, 0.2) is 11.6 Å². The maximum absolute atomic E-state index is 11.5. The molecule has 0 unspecified atom stereocenters. The summed E-state index contributed by atoms with van der Waals surface area (Å²) in [6, 6.07) is 0. The number of rotatable bonds is 0. The quantitative estimate of drug-likeness (QED) is 0.435. The molecular weight excluding hydrogens is 182 g/mol. The minimum Gasteiger partial charge on any atom is -0.373 e. The first-order valence-corrected chi connectivity index (χ1v) is 4.92. The van der Waals surface area contributed by atoms with Crippen LogP contribution in [-0.4, -0.2) is 24.5 Å². The SMILES string of the molecule is O=C1NC(=O)[C@@H]2CC=C3CCO[C@@H]3[C@H]12. The van der Waals surface area contributed by atoms with Gasteiger partial charge in [0.25, 0.3) is 0 Å². The summed E-state index contributed by atoms with van der Waals surface area (Å²) >= 11 is 0. The Kier molecular flexibility index (Phi) is 1.56. The summed E-state index contributed by atoms with van der Waals surface area (Å²) in [5.41, 5.74) is 1.20. The highest BCUT2D eigenvalue weighted by molar-refractivity contribution is 6.05. The molecule has 1 aliphatic carbocycles. The van der Waals surface area contributed by atoms with Crippen molar-refractivity contribution in [1.29, 1.82) is 0 Å². The average molecular weight is 193 g/mol. The van der Waals surface area contributed by atoms with E-state index in [1.54, 1.807) is 0 Å². The van der Waals surface area contributed by atoms with E-state index in [-0.39, 0.29) is 29.8 Å². The largest absolute Gasteiger partial charge is 0.373 e. The van der Waals surface area contributed by atoms with Gasteiger partial charge in [0, 0.05) is 0 Å². The summed E-state index contributed by atoms with van der Waals surface area (Å²) in [5, 5.41) is 2.38. The van der Waals surface area contributed by atoms with Crippen LogP contribution >= 0.6 is 0 Å². The van der Waals surface area contributed by atoms with E-state index in [0.29, 0.717) is 13.0 Å². The topological polar surface area (TPSA) is 55.4 Å². The monoisotopic (exact) mass is 193 g/mol. The van der Waals surface area contributed by atoms with E-state index < -0.39 is 0 Å². The van der Waals surface area contributed by atoms with Crippen LogP contribution in [0.25, 0.3) is 0 Å². The van der Waals surface area contributed by atoms with Gasteiger partial charge in [0.2, 0.25) is 11.8 Å². The van der Waals surface area contributed by atoms with Crippen LogP contribution in [0.4, 0.5) is 0 Å². The van der Waals surface area contributed by atoms with Gasteiger partial charge in [0.15, 0.2) is 0 Å². The number of carbonyl (C=O) groups is 2.